The Morgan fingerprint density at radius 1 is 1.23 bits per heavy atom. The van der Waals surface area contributed by atoms with E-state index in [4.69, 9.17) is 25.8 Å². The molecule has 0 atom stereocenters. The fraction of sp³-hybridized carbons (Fsp3) is 1.00. The first-order valence-electron chi connectivity index (χ1n) is 4.43. The van der Waals surface area contributed by atoms with Crippen LogP contribution in [0.1, 0.15) is 39.0 Å². The Hall–Kier alpha value is 0.0700. The Labute approximate surface area is 80.1 Å². The van der Waals surface area contributed by atoms with Crippen molar-refractivity contribution in [2.24, 2.45) is 11.5 Å². The Morgan fingerprint density at radius 3 is 1.38 bits per heavy atom. The number of rotatable bonds is 1. The largest absolute Gasteiger partial charge is 0.326 e. The summed E-state index contributed by atoms with van der Waals surface area (Å²) in [7, 11) is -3.13. The minimum Gasteiger partial charge on any atom is -0.326 e. The maximum atomic E-state index is 8.74. The van der Waals surface area contributed by atoms with Crippen molar-refractivity contribution in [3.63, 3.8) is 0 Å². The van der Waals surface area contributed by atoms with Gasteiger partial charge in [0.25, 0.3) is 0 Å². The first kappa shape index (κ1) is 15.5. The maximum absolute atomic E-state index is 8.74. The highest BCUT2D eigenvalue weighted by Crippen LogP contribution is 2.15. The second kappa shape index (κ2) is 12.1. The van der Waals surface area contributed by atoms with E-state index in [1.165, 1.54) is 25.7 Å². The minimum atomic E-state index is -3.13. The second-order valence-corrected chi connectivity index (χ2v) is 3.33. The molecule has 5 nitrogen and oxygen atoms in total. The van der Waals surface area contributed by atoms with E-state index in [9.17, 15) is 0 Å². The minimum absolute atomic E-state index is 0.116. The van der Waals surface area contributed by atoms with E-state index in [0.717, 1.165) is 6.42 Å². The number of hydrogen-bond donors (Lipinski definition) is 4. The van der Waals surface area contributed by atoms with Crippen molar-refractivity contribution < 1.29 is 14.4 Å². The highest BCUT2D eigenvalue weighted by molar-refractivity contribution is 7.30. The summed E-state index contributed by atoms with van der Waals surface area (Å²) < 4.78 is 8.74. The van der Waals surface area contributed by atoms with Gasteiger partial charge in [0.05, 0.1) is 6.17 Å². The van der Waals surface area contributed by atoms with E-state index in [2.05, 4.69) is 0 Å². The van der Waals surface area contributed by atoms with Crippen LogP contribution in [0.4, 0.5) is 0 Å². The normalized spacial score (nSPS) is 13.8. The summed E-state index contributed by atoms with van der Waals surface area (Å²) in [5, 5.41) is 0. The number of nitrogens with two attached hydrogens (primary N) is 2. The van der Waals surface area contributed by atoms with Crippen molar-refractivity contribution in [3.05, 3.63) is 0 Å². The monoisotopic (exact) mass is 212 g/mol. The van der Waals surface area contributed by atoms with Gasteiger partial charge in [-0.2, -0.15) is 0 Å². The molecule has 6 heteroatoms. The first-order chi connectivity index (χ1) is 6.00. The molecular weight excluding hydrogens is 191 g/mol. The van der Waals surface area contributed by atoms with Crippen LogP contribution in [0.25, 0.3) is 0 Å². The molecule has 0 spiro atoms. The highest BCUT2D eigenvalue weighted by Gasteiger charge is 1.95. The van der Waals surface area contributed by atoms with E-state index in [1.807, 2.05) is 6.92 Å². The second-order valence-electron chi connectivity index (χ2n) is 2.77. The molecule has 0 radical (unpaired) electrons. The van der Waals surface area contributed by atoms with Gasteiger partial charge in [-0.25, -0.2) is 0 Å². The molecule has 0 aromatic rings. The lowest BCUT2D eigenvalue weighted by molar-refractivity contribution is 0.405. The van der Waals surface area contributed by atoms with Gasteiger partial charge < -0.3 is 21.3 Å². The van der Waals surface area contributed by atoms with Gasteiger partial charge >= 0.3 is 8.25 Å². The van der Waals surface area contributed by atoms with Crippen LogP contribution in [-0.4, -0.2) is 16.0 Å². The van der Waals surface area contributed by atoms with Crippen LogP contribution in [0.3, 0.4) is 0 Å². The molecule has 1 saturated carbocycles. The van der Waals surface area contributed by atoms with Gasteiger partial charge in [-0.15, -0.1) is 0 Å². The molecule has 0 aliphatic heterocycles. The molecule has 6 N–H and O–H groups in total. The zero-order valence-corrected chi connectivity index (χ0v) is 9.07. The lowest BCUT2D eigenvalue weighted by Crippen LogP contribution is -2.28. The zero-order valence-electron chi connectivity index (χ0n) is 8.07. The summed E-state index contributed by atoms with van der Waals surface area (Å²) in [6.45, 7) is 1.95. The lowest BCUT2D eigenvalue weighted by Gasteiger charge is -2.05. The van der Waals surface area contributed by atoms with Crippen LogP contribution >= 0.6 is 8.25 Å². The maximum Gasteiger partial charge on any atom is 0.314 e. The Kier molecular flexibility index (Phi) is 14.4. The smallest absolute Gasteiger partial charge is 0.314 e. The highest BCUT2D eigenvalue weighted by atomic mass is 31.1. The van der Waals surface area contributed by atoms with Gasteiger partial charge in [0.15, 0.2) is 0 Å². The third kappa shape index (κ3) is 33.2. The quantitative estimate of drug-likeness (QED) is 0.375. The fourth-order valence-electron chi connectivity index (χ4n) is 0.250. The van der Waals surface area contributed by atoms with E-state index < -0.39 is 8.25 Å². The first-order valence-corrected chi connectivity index (χ1v) is 5.74. The predicted molar refractivity (Wildman–Crippen MR) is 54.4 cm³/mol. The summed E-state index contributed by atoms with van der Waals surface area (Å²) >= 11 is 0. The van der Waals surface area contributed by atoms with Crippen molar-refractivity contribution in [1.82, 2.24) is 0 Å². The third-order valence-electron chi connectivity index (χ3n) is 1.47. The van der Waals surface area contributed by atoms with Crippen LogP contribution in [0.5, 0.6) is 0 Å². The van der Waals surface area contributed by atoms with E-state index >= 15 is 0 Å². The molecule has 0 aromatic heterocycles. The van der Waals surface area contributed by atoms with Crippen molar-refractivity contribution in [3.8, 4) is 0 Å². The molecule has 0 saturated heterocycles. The Morgan fingerprint density at radius 2 is 1.38 bits per heavy atom. The standard InChI is InChI=1S/C4H8.C3H10N2.H3O3P/c1-2-4-3-1;1-2-3(4)5;1-4(2)3/h1-4H2;3H,2,4-5H2,1H3;4H,(H2,1,2,3). The van der Waals surface area contributed by atoms with Crippen molar-refractivity contribution >= 4 is 8.25 Å². The Bertz CT molecular complexity index is 110. The van der Waals surface area contributed by atoms with Gasteiger partial charge in [-0.3, -0.25) is 4.57 Å². The molecule has 1 aliphatic rings. The van der Waals surface area contributed by atoms with Gasteiger partial charge in [0.2, 0.25) is 0 Å². The molecule has 82 valence electrons. The van der Waals surface area contributed by atoms with Crippen molar-refractivity contribution in [2.45, 2.75) is 45.2 Å². The van der Waals surface area contributed by atoms with Gasteiger partial charge in [0.1, 0.15) is 0 Å². The summed E-state index contributed by atoms with van der Waals surface area (Å²) in [4.78, 5) is 14.3. The van der Waals surface area contributed by atoms with Crippen LogP contribution in [0.2, 0.25) is 0 Å². The molecule has 13 heavy (non-hydrogen) atoms. The van der Waals surface area contributed by atoms with Crippen molar-refractivity contribution in [1.29, 1.82) is 0 Å². The fourth-order valence-corrected chi connectivity index (χ4v) is 0.250. The molecular formula is C7H21N2O3P. The average molecular weight is 212 g/mol. The topological polar surface area (TPSA) is 110 Å². The van der Waals surface area contributed by atoms with Crippen LogP contribution in [-0.2, 0) is 4.57 Å². The molecule has 1 rings (SSSR count). The van der Waals surface area contributed by atoms with Crippen LogP contribution in [0.15, 0.2) is 0 Å². The molecule has 0 amide bonds. The van der Waals surface area contributed by atoms with Crippen molar-refractivity contribution in [2.75, 3.05) is 0 Å². The molecule has 1 fully saturated rings. The number of hydrogen-bond acceptors (Lipinski definition) is 3. The van der Waals surface area contributed by atoms with E-state index in [1.54, 1.807) is 0 Å². The average Bonchev–Trinajstić information content (AvgIpc) is 1.82. The molecule has 1 aliphatic carbocycles. The SMILES string of the molecule is C1CCC1.CCC(N)N.O=[PH](O)O. The van der Waals surface area contributed by atoms with Gasteiger partial charge in [0, 0.05) is 0 Å². The van der Waals surface area contributed by atoms with Gasteiger partial charge in [-0.1, -0.05) is 32.6 Å². The summed E-state index contributed by atoms with van der Waals surface area (Å²) in [5.74, 6) is 0. The zero-order chi connectivity index (χ0) is 10.7. The molecule has 0 unspecified atom stereocenters. The third-order valence-corrected chi connectivity index (χ3v) is 1.47. The van der Waals surface area contributed by atoms with E-state index in [-0.39, 0.29) is 6.17 Å². The molecule has 0 bridgehead atoms. The predicted octanol–water partition coefficient (Wildman–Crippen LogP) is 0.561. The lowest BCUT2D eigenvalue weighted by atomic mass is 10.0. The van der Waals surface area contributed by atoms with E-state index in [0.29, 0.717) is 0 Å². The summed E-state index contributed by atoms with van der Waals surface area (Å²) in [6, 6.07) is 0. The molecule has 0 aromatic carbocycles. The Balaban J connectivity index is 0. The summed E-state index contributed by atoms with van der Waals surface area (Å²) in [6.07, 6.45) is 6.75. The molecule has 0 heterocycles. The van der Waals surface area contributed by atoms with Crippen LogP contribution in [0, 0.1) is 0 Å². The summed E-state index contributed by atoms with van der Waals surface area (Å²) in [5.41, 5.74) is 10.1. The van der Waals surface area contributed by atoms with Gasteiger partial charge in [-0.05, 0) is 6.42 Å². The van der Waals surface area contributed by atoms with Crippen LogP contribution < -0.4 is 11.5 Å².